The smallest absolute Gasteiger partial charge is 0.284 e. The third-order valence-corrected chi connectivity index (χ3v) is 5.73. The monoisotopic (exact) mass is 331 g/mol. The second-order valence-electron chi connectivity index (χ2n) is 6.14. The number of rotatable bonds is 8. The first-order valence-corrected chi connectivity index (χ1v) is 9.01. The van der Waals surface area contributed by atoms with E-state index in [0.29, 0.717) is 41.6 Å². The Morgan fingerprint density at radius 1 is 1.41 bits per heavy atom. The molecule has 0 amide bonds. The second-order valence-corrected chi connectivity index (χ2v) is 7.12. The van der Waals surface area contributed by atoms with Gasteiger partial charge < -0.3 is 14.5 Å². The van der Waals surface area contributed by atoms with Crippen LogP contribution < -0.4 is 5.32 Å². The molecule has 124 valence electrons. The van der Waals surface area contributed by atoms with Crippen molar-refractivity contribution >= 4 is 11.8 Å². The molecule has 0 aliphatic heterocycles. The SMILES string of the molecule is CCOC1CC(NCc2ccc(CSC(F)F)o2)C12CCC2. The number of hydrogen-bond donors (Lipinski definition) is 1. The van der Waals surface area contributed by atoms with Gasteiger partial charge in [0.05, 0.1) is 18.4 Å². The summed E-state index contributed by atoms with van der Waals surface area (Å²) in [5.41, 5.74) is 0.330. The van der Waals surface area contributed by atoms with E-state index in [-0.39, 0.29) is 5.75 Å². The summed E-state index contributed by atoms with van der Waals surface area (Å²) < 4.78 is 35.8. The van der Waals surface area contributed by atoms with Crippen molar-refractivity contribution in [3.8, 4) is 0 Å². The molecule has 3 nitrogen and oxygen atoms in total. The van der Waals surface area contributed by atoms with Gasteiger partial charge in [-0.25, -0.2) is 0 Å². The molecule has 22 heavy (non-hydrogen) atoms. The van der Waals surface area contributed by atoms with Gasteiger partial charge in [0.15, 0.2) is 0 Å². The van der Waals surface area contributed by atoms with E-state index in [4.69, 9.17) is 9.15 Å². The largest absolute Gasteiger partial charge is 0.464 e. The first kappa shape index (κ1) is 16.3. The Morgan fingerprint density at radius 2 is 2.18 bits per heavy atom. The number of halogens is 2. The van der Waals surface area contributed by atoms with Gasteiger partial charge in [0.1, 0.15) is 11.5 Å². The number of nitrogens with one attached hydrogen (secondary N) is 1. The van der Waals surface area contributed by atoms with Gasteiger partial charge in [0, 0.05) is 18.1 Å². The zero-order chi connectivity index (χ0) is 15.6. The fourth-order valence-electron chi connectivity index (χ4n) is 3.69. The van der Waals surface area contributed by atoms with Crippen LogP contribution in [-0.2, 0) is 17.0 Å². The standard InChI is InChI=1S/C16H23F2NO2S/c1-2-20-14-8-13(16(14)6-3-7-16)19-9-11-4-5-12(21-11)10-22-15(17)18/h4-5,13-15,19H,2-3,6-10H2,1H3. The molecule has 2 saturated carbocycles. The molecule has 0 radical (unpaired) electrons. The highest BCUT2D eigenvalue weighted by atomic mass is 32.2. The van der Waals surface area contributed by atoms with E-state index in [0.717, 1.165) is 18.8 Å². The predicted molar refractivity (Wildman–Crippen MR) is 82.9 cm³/mol. The van der Waals surface area contributed by atoms with Crippen LogP contribution in [0.15, 0.2) is 16.5 Å². The molecular weight excluding hydrogens is 308 g/mol. The summed E-state index contributed by atoms with van der Waals surface area (Å²) in [7, 11) is 0. The Morgan fingerprint density at radius 3 is 2.82 bits per heavy atom. The van der Waals surface area contributed by atoms with Crippen LogP contribution >= 0.6 is 11.8 Å². The minimum absolute atomic E-state index is 0.220. The van der Waals surface area contributed by atoms with Gasteiger partial charge in [-0.15, -0.1) is 0 Å². The second kappa shape index (κ2) is 6.89. The Hall–Kier alpha value is -0.590. The van der Waals surface area contributed by atoms with Crippen LogP contribution in [0.3, 0.4) is 0 Å². The Bertz CT molecular complexity index is 490. The number of thioether (sulfide) groups is 1. The summed E-state index contributed by atoms with van der Waals surface area (Å²) in [5, 5.41) is 3.57. The van der Waals surface area contributed by atoms with E-state index in [1.165, 1.54) is 19.3 Å². The van der Waals surface area contributed by atoms with Crippen LogP contribution in [-0.4, -0.2) is 24.5 Å². The lowest BCUT2D eigenvalue weighted by molar-refractivity contribution is -0.173. The summed E-state index contributed by atoms with van der Waals surface area (Å²) in [6.45, 7) is 3.49. The van der Waals surface area contributed by atoms with Crippen molar-refractivity contribution in [1.29, 1.82) is 0 Å². The third kappa shape index (κ3) is 3.19. The van der Waals surface area contributed by atoms with Crippen molar-refractivity contribution in [2.45, 2.75) is 62.8 Å². The van der Waals surface area contributed by atoms with E-state index in [2.05, 4.69) is 12.2 Å². The highest BCUT2D eigenvalue weighted by Crippen LogP contribution is 2.57. The molecule has 2 atom stereocenters. The first-order chi connectivity index (χ1) is 10.6. The van der Waals surface area contributed by atoms with Gasteiger partial charge in [0.25, 0.3) is 5.76 Å². The van der Waals surface area contributed by atoms with Crippen LogP contribution in [0, 0.1) is 5.41 Å². The van der Waals surface area contributed by atoms with Gasteiger partial charge in [0.2, 0.25) is 0 Å². The molecular formula is C16H23F2NO2S. The topological polar surface area (TPSA) is 34.4 Å². The van der Waals surface area contributed by atoms with E-state index >= 15 is 0 Å². The fourth-order valence-corrected chi connectivity index (χ4v) is 4.13. The van der Waals surface area contributed by atoms with Crippen LogP contribution in [0.1, 0.15) is 44.1 Å². The van der Waals surface area contributed by atoms with E-state index in [1.807, 2.05) is 6.07 Å². The van der Waals surface area contributed by atoms with Gasteiger partial charge in [-0.05, 0) is 38.3 Å². The first-order valence-electron chi connectivity index (χ1n) is 7.96. The molecule has 1 heterocycles. The molecule has 0 bridgehead atoms. The molecule has 2 aliphatic carbocycles. The maximum atomic E-state index is 12.2. The van der Waals surface area contributed by atoms with E-state index < -0.39 is 5.76 Å². The highest BCUT2D eigenvalue weighted by molar-refractivity contribution is 7.98. The molecule has 1 aromatic heterocycles. The molecule has 0 aromatic carbocycles. The molecule has 2 aliphatic rings. The lowest BCUT2D eigenvalue weighted by atomic mass is 9.51. The summed E-state index contributed by atoms with van der Waals surface area (Å²) in [4.78, 5) is 0. The average molecular weight is 331 g/mol. The minimum Gasteiger partial charge on any atom is -0.464 e. The summed E-state index contributed by atoms with van der Waals surface area (Å²) in [6, 6.07) is 4.15. The van der Waals surface area contributed by atoms with Gasteiger partial charge >= 0.3 is 0 Å². The van der Waals surface area contributed by atoms with Crippen molar-refractivity contribution in [2.24, 2.45) is 5.41 Å². The molecule has 2 fully saturated rings. The van der Waals surface area contributed by atoms with Crippen LogP contribution in [0.2, 0.25) is 0 Å². The third-order valence-electron chi connectivity index (χ3n) is 5.03. The van der Waals surface area contributed by atoms with Crippen LogP contribution in [0.5, 0.6) is 0 Å². The van der Waals surface area contributed by atoms with Gasteiger partial charge in [-0.1, -0.05) is 18.2 Å². The van der Waals surface area contributed by atoms with Crippen molar-refractivity contribution < 1.29 is 17.9 Å². The van der Waals surface area contributed by atoms with E-state index in [9.17, 15) is 8.78 Å². The number of furan rings is 1. The molecule has 1 aromatic rings. The number of hydrogen-bond acceptors (Lipinski definition) is 4. The zero-order valence-corrected chi connectivity index (χ0v) is 13.6. The van der Waals surface area contributed by atoms with Crippen molar-refractivity contribution in [2.75, 3.05) is 6.61 Å². The van der Waals surface area contributed by atoms with Gasteiger partial charge in [-0.2, -0.15) is 8.78 Å². The molecule has 3 rings (SSSR count). The zero-order valence-electron chi connectivity index (χ0n) is 12.8. The summed E-state index contributed by atoms with van der Waals surface area (Å²) in [6.07, 6.45) is 5.23. The summed E-state index contributed by atoms with van der Waals surface area (Å²) >= 11 is 0.592. The lowest BCUT2D eigenvalue weighted by Crippen LogP contribution is -2.66. The Balaban J connectivity index is 1.47. The molecule has 6 heteroatoms. The fraction of sp³-hybridized carbons (Fsp3) is 0.750. The van der Waals surface area contributed by atoms with Crippen LogP contribution in [0.4, 0.5) is 8.78 Å². The normalized spacial score (nSPS) is 26.2. The molecule has 1 N–H and O–H groups in total. The number of ether oxygens (including phenoxy) is 1. The van der Waals surface area contributed by atoms with E-state index in [1.54, 1.807) is 6.07 Å². The van der Waals surface area contributed by atoms with Crippen molar-refractivity contribution in [3.63, 3.8) is 0 Å². The van der Waals surface area contributed by atoms with Gasteiger partial charge in [-0.3, -0.25) is 0 Å². The lowest BCUT2D eigenvalue weighted by Gasteiger charge is -2.61. The molecule has 2 unspecified atom stereocenters. The maximum Gasteiger partial charge on any atom is 0.284 e. The summed E-state index contributed by atoms with van der Waals surface area (Å²) in [5.74, 6) is -0.701. The number of alkyl halides is 2. The Kier molecular flexibility index (Phi) is 5.10. The minimum atomic E-state index is -2.35. The Labute approximate surface area is 134 Å². The predicted octanol–water partition coefficient (Wildman–Crippen LogP) is 4.17. The van der Waals surface area contributed by atoms with Crippen molar-refractivity contribution in [1.82, 2.24) is 5.32 Å². The average Bonchev–Trinajstić information content (AvgIpc) is 2.85. The highest BCUT2D eigenvalue weighted by Gasteiger charge is 2.58. The molecule has 0 saturated heterocycles. The quantitative estimate of drug-likeness (QED) is 0.775. The van der Waals surface area contributed by atoms with Crippen LogP contribution in [0.25, 0.3) is 0 Å². The maximum absolute atomic E-state index is 12.2. The molecule has 1 spiro atoms. The van der Waals surface area contributed by atoms with Crippen molar-refractivity contribution in [3.05, 3.63) is 23.7 Å².